The number of hydrogen-bond acceptors (Lipinski definition) is 5. The average Bonchev–Trinajstić information content (AvgIpc) is 2.66. The van der Waals surface area contributed by atoms with Crippen molar-refractivity contribution in [2.45, 2.75) is 38.4 Å². The van der Waals surface area contributed by atoms with Gasteiger partial charge in [0.05, 0.1) is 6.54 Å². The van der Waals surface area contributed by atoms with Gasteiger partial charge < -0.3 is 10.3 Å². The van der Waals surface area contributed by atoms with E-state index in [2.05, 4.69) is 22.0 Å². The zero-order chi connectivity index (χ0) is 9.97. The summed E-state index contributed by atoms with van der Waals surface area (Å²) in [6.45, 7) is 3.97. The maximum absolute atomic E-state index is 5.99. The molecule has 0 radical (unpaired) electrons. The smallest absolute Gasteiger partial charge is 0.213 e. The van der Waals surface area contributed by atoms with Crippen molar-refractivity contribution in [3.8, 4) is 0 Å². The molecule has 14 heavy (non-hydrogen) atoms. The summed E-state index contributed by atoms with van der Waals surface area (Å²) in [6.07, 6.45) is 3.64. The molecule has 1 aliphatic rings. The van der Waals surface area contributed by atoms with Crippen LogP contribution in [-0.2, 0) is 6.54 Å². The van der Waals surface area contributed by atoms with E-state index in [0.717, 1.165) is 31.8 Å². The largest absolute Gasteiger partial charge is 0.343 e. The summed E-state index contributed by atoms with van der Waals surface area (Å²) in [4.78, 5) is 6.31. The van der Waals surface area contributed by atoms with E-state index in [1.165, 1.54) is 6.39 Å². The minimum Gasteiger partial charge on any atom is -0.343 e. The minimum atomic E-state index is 0.274. The molecule has 1 fully saturated rings. The molecule has 2 heterocycles. The Balaban J connectivity index is 1.97. The molecule has 0 saturated carbocycles. The standard InChI is InChI=1S/C9H16N4O/c1-7-8(10)3-2-4-13(7)5-9-11-6-14-12-9/h6-8H,2-5,10H2,1H3/t7-,8-/m1/s1. The predicted molar refractivity (Wildman–Crippen MR) is 51.4 cm³/mol. The maximum Gasteiger partial charge on any atom is 0.213 e. The molecule has 2 rings (SSSR count). The van der Waals surface area contributed by atoms with E-state index in [1.807, 2.05) is 0 Å². The highest BCUT2D eigenvalue weighted by molar-refractivity contribution is 4.87. The Kier molecular flexibility index (Phi) is 2.79. The third-order valence-electron chi connectivity index (χ3n) is 2.93. The van der Waals surface area contributed by atoms with Gasteiger partial charge in [0.15, 0.2) is 5.82 Å². The molecule has 1 aromatic heterocycles. The molecule has 0 unspecified atom stereocenters. The van der Waals surface area contributed by atoms with Crippen molar-refractivity contribution in [1.82, 2.24) is 15.0 Å². The van der Waals surface area contributed by atoms with Gasteiger partial charge in [-0.15, -0.1) is 0 Å². The molecule has 78 valence electrons. The molecule has 0 amide bonds. The van der Waals surface area contributed by atoms with Crippen molar-refractivity contribution in [3.63, 3.8) is 0 Å². The van der Waals surface area contributed by atoms with Gasteiger partial charge in [-0.05, 0) is 26.3 Å². The van der Waals surface area contributed by atoms with Gasteiger partial charge >= 0.3 is 0 Å². The number of nitrogens with two attached hydrogens (primary N) is 1. The fourth-order valence-electron chi connectivity index (χ4n) is 1.91. The van der Waals surface area contributed by atoms with Crippen LogP contribution in [0, 0.1) is 0 Å². The van der Waals surface area contributed by atoms with Crippen molar-refractivity contribution in [3.05, 3.63) is 12.2 Å². The lowest BCUT2D eigenvalue weighted by Gasteiger charge is -2.36. The van der Waals surface area contributed by atoms with Crippen molar-refractivity contribution in [2.75, 3.05) is 6.54 Å². The molecule has 2 atom stereocenters. The van der Waals surface area contributed by atoms with Crippen LogP contribution in [0.25, 0.3) is 0 Å². The fraction of sp³-hybridized carbons (Fsp3) is 0.778. The van der Waals surface area contributed by atoms with Crippen LogP contribution in [0.4, 0.5) is 0 Å². The van der Waals surface area contributed by atoms with Crippen molar-refractivity contribution >= 4 is 0 Å². The van der Waals surface area contributed by atoms with E-state index in [9.17, 15) is 0 Å². The zero-order valence-electron chi connectivity index (χ0n) is 8.39. The first-order chi connectivity index (χ1) is 6.77. The Morgan fingerprint density at radius 1 is 1.71 bits per heavy atom. The Hall–Kier alpha value is -0.940. The van der Waals surface area contributed by atoms with Gasteiger partial charge in [-0.2, -0.15) is 4.98 Å². The second-order valence-corrected chi connectivity index (χ2v) is 3.86. The number of nitrogens with zero attached hydrogens (tertiary/aromatic N) is 3. The molecule has 0 bridgehead atoms. The summed E-state index contributed by atoms with van der Waals surface area (Å²) in [5.41, 5.74) is 5.99. The van der Waals surface area contributed by atoms with Crippen molar-refractivity contribution in [1.29, 1.82) is 0 Å². The molecular formula is C9H16N4O. The normalized spacial score (nSPS) is 29.3. The Bertz CT molecular complexity index is 274. The van der Waals surface area contributed by atoms with Gasteiger partial charge in [-0.1, -0.05) is 5.16 Å². The molecule has 0 aromatic carbocycles. The molecule has 1 saturated heterocycles. The van der Waals surface area contributed by atoms with Crippen molar-refractivity contribution in [2.24, 2.45) is 5.73 Å². The van der Waals surface area contributed by atoms with Crippen LogP contribution in [-0.4, -0.2) is 33.7 Å². The number of hydrogen-bond donors (Lipinski definition) is 1. The second-order valence-electron chi connectivity index (χ2n) is 3.86. The van der Waals surface area contributed by atoms with Gasteiger partial charge in [-0.25, -0.2) is 0 Å². The highest BCUT2D eigenvalue weighted by atomic mass is 16.5. The van der Waals surface area contributed by atoms with Gasteiger partial charge in [-0.3, -0.25) is 4.90 Å². The molecule has 1 aliphatic heterocycles. The lowest BCUT2D eigenvalue weighted by atomic mass is 9.98. The zero-order valence-corrected chi connectivity index (χ0v) is 8.39. The molecule has 5 nitrogen and oxygen atoms in total. The predicted octanol–water partition coefficient (Wildman–Crippen LogP) is 0.381. The minimum absolute atomic E-state index is 0.274. The Morgan fingerprint density at radius 3 is 3.29 bits per heavy atom. The first kappa shape index (κ1) is 9.61. The lowest BCUT2D eigenvalue weighted by molar-refractivity contribution is 0.128. The summed E-state index contributed by atoms with van der Waals surface area (Å²) < 4.78 is 4.70. The SMILES string of the molecule is C[C@@H]1[C@H](N)CCCN1Cc1ncon1. The van der Waals surface area contributed by atoms with E-state index in [1.54, 1.807) is 0 Å². The molecule has 1 aromatic rings. The van der Waals surface area contributed by atoms with Crippen LogP contribution in [0.3, 0.4) is 0 Å². The number of rotatable bonds is 2. The van der Waals surface area contributed by atoms with Gasteiger partial charge in [0.2, 0.25) is 6.39 Å². The van der Waals surface area contributed by atoms with E-state index >= 15 is 0 Å². The van der Waals surface area contributed by atoms with Gasteiger partial charge in [0, 0.05) is 12.1 Å². The van der Waals surface area contributed by atoms with Crippen LogP contribution in [0.5, 0.6) is 0 Å². The summed E-state index contributed by atoms with van der Waals surface area (Å²) in [7, 11) is 0. The topological polar surface area (TPSA) is 68.2 Å². The maximum atomic E-state index is 5.99. The third kappa shape index (κ3) is 1.93. The van der Waals surface area contributed by atoms with E-state index in [0.29, 0.717) is 6.04 Å². The highest BCUT2D eigenvalue weighted by Gasteiger charge is 2.25. The van der Waals surface area contributed by atoms with E-state index in [-0.39, 0.29) is 6.04 Å². The summed E-state index contributed by atoms with van der Waals surface area (Å²) >= 11 is 0. The fourth-order valence-corrected chi connectivity index (χ4v) is 1.91. The molecule has 0 aliphatic carbocycles. The number of likely N-dealkylation sites (tertiary alicyclic amines) is 1. The van der Waals surface area contributed by atoms with Crippen LogP contribution >= 0.6 is 0 Å². The quantitative estimate of drug-likeness (QED) is 0.740. The summed E-state index contributed by atoms with van der Waals surface area (Å²) in [6, 6.07) is 0.679. The van der Waals surface area contributed by atoms with E-state index < -0.39 is 0 Å². The molecular weight excluding hydrogens is 180 g/mol. The van der Waals surface area contributed by atoms with Crippen LogP contribution in [0.1, 0.15) is 25.6 Å². The van der Waals surface area contributed by atoms with Crippen LogP contribution in [0.15, 0.2) is 10.9 Å². The molecule has 2 N–H and O–H groups in total. The second kappa shape index (κ2) is 4.06. The first-order valence-electron chi connectivity index (χ1n) is 5.02. The summed E-state index contributed by atoms with van der Waals surface area (Å²) in [5, 5.41) is 3.80. The van der Waals surface area contributed by atoms with Gasteiger partial charge in [0.1, 0.15) is 0 Å². The number of aromatic nitrogens is 2. The monoisotopic (exact) mass is 196 g/mol. The van der Waals surface area contributed by atoms with Crippen LogP contribution < -0.4 is 5.73 Å². The first-order valence-corrected chi connectivity index (χ1v) is 5.02. The number of piperidine rings is 1. The summed E-state index contributed by atoms with van der Waals surface area (Å²) in [5.74, 6) is 0.742. The lowest BCUT2D eigenvalue weighted by Crippen LogP contribution is -2.49. The van der Waals surface area contributed by atoms with Crippen molar-refractivity contribution < 1.29 is 4.52 Å². The van der Waals surface area contributed by atoms with Gasteiger partial charge in [0.25, 0.3) is 0 Å². The Labute approximate surface area is 83.3 Å². The highest BCUT2D eigenvalue weighted by Crippen LogP contribution is 2.17. The molecule has 0 spiro atoms. The Morgan fingerprint density at radius 2 is 2.57 bits per heavy atom. The van der Waals surface area contributed by atoms with Crippen LogP contribution in [0.2, 0.25) is 0 Å². The average molecular weight is 196 g/mol. The van der Waals surface area contributed by atoms with E-state index in [4.69, 9.17) is 10.3 Å². The third-order valence-corrected chi connectivity index (χ3v) is 2.93. The molecule has 5 heteroatoms.